The SMILES string of the molecule is CCC(=O)C(=O)N1C[C@H](c2ccc3c(c2)OCO3)[C@H]2[C@@H]1C1CCN2CC1. The summed E-state index contributed by atoms with van der Waals surface area (Å²) in [5, 5.41) is 0. The monoisotopic (exact) mass is 356 g/mol. The van der Waals surface area contributed by atoms with Gasteiger partial charge in [-0.3, -0.25) is 14.5 Å². The zero-order chi connectivity index (χ0) is 17.8. The van der Waals surface area contributed by atoms with E-state index in [2.05, 4.69) is 17.0 Å². The number of carbonyl (C=O) groups excluding carboxylic acids is 2. The van der Waals surface area contributed by atoms with E-state index in [1.165, 1.54) is 5.56 Å². The van der Waals surface area contributed by atoms with E-state index < -0.39 is 0 Å². The highest BCUT2D eigenvalue weighted by Crippen LogP contribution is 2.47. The van der Waals surface area contributed by atoms with Crippen molar-refractivity contribution in [3.8, 4) is 11.5 Å². The molecule has 0 spiro atoms. The number of hydrogen-bond acceptors (Lipinski definition) is 5. The normalized spacial score (nSPS) is 34.0. The molecule has 26 heavy (non-hydrogen) atoms. The van der Waals surface area contributed by atoms with Gasteiger partial charge in [0.25, 0.3) is 5.91 Å². The number of likely N-dealkylation sites (tertiary alicyclic amines) is 1. The maximum Gasteiger partial charge on any atom is 0.290 e. The van der Waals surface area contributed by atoms with Gasteiger partial charge >= 0.3 is 0 Å². The van der Waals surface area contributed by atoms with Crippen molar-refractivity contribution in [1.29, 1.82) is 0 Å². The molecule has 0 aliphatic carbocycles. The second-order valence-electron chi connectivity index (χ2n) is 7.81. The molecule has 5 aliphatic heterocycles. The van der Waals surface area contributed by atoms with Gasteiger partial charge in [-0.05, 0) is 49.5 Å². The molecule has 2 bridgehead atoms. The third-order valence-electron chi connectivity index (χ3n) is 6.64. The molecular formula is C20H24N2O4. The molecular weight excluding hydrogens is 332 g/mol. The van der Waals surface area contributed by atoms with Crippen LogP contribution in [0.2, 0.25) is 0 Å². The Morgan fingerprint density at radius 3 is 2.65 bits per heavy atom. The van der Waals surface area contributed by atoms with E-state index in [9.17, 15) is 9.59 Å². The second kappa shape index (κ2) is 5.98. The quantitative estimate of drug-likeness (QED) is 0.773. The molecule has 6 heteroatoms. The fourth-order valence-electron chi connectivity index (χ4n) is 5.40. The summed E-state index contributed by atoms with van der Waals surface area (Å²) in [6, 6.07) is 6.58. The lowest BCUT2D eigenvalue weighted by molar-refractivity contribution is -0.147. The van der Waals surface area contributed by atoms with Crippen molar-refractivity contribution in [1.82, 2.24) is 9.80 Å². The summed E-state index contributed by atoms with van der Waals surface area (Å²) >= 11 is 0. The minimum atomic E-state index is -0.292. The van der Waals surface area contributed by atoms with Crippen LogP contribution < -0.4 is 9.47 Å². The number of benzene rings is 1. The number of piperidine rings is 3. The molecule has 3 atom stereocenters. The lowest BCUT2D eigenvalue weighted by atomic mass is 9.75. The predicted octanol–water partition coefficient (Wildman–Crippen LogP) is 1.78. The van der Waals surface area contributed by atoms with Gasteiger partial charge in [-0.1, -0.05) is 13.0 Å². The van der Waals surface area contributed by atoms with Crippen LogP contribution in [0.3, 0.4) is 0 Å². The topological polar surface area (TPSA) is 59.1 Å². The van der Waals surface area contributed by atoms with E-state index in [4.69, 9.17) is 9.47 Å². The number of ketones is 1. The van der Waals surface area contributed by atoms with Gasteiger partial charge in [0.15, 0.2) is 11.5 Å². The summed E-state index contributed by atoms with van der Waals surface area (Å²) in [5.74, 6) is 1.72. The van der Waals surface area contributed by atoms with Crippen molar-refractivity contribution in [3.63, 3.8) is 0 Å². The number of amides is 1. The number of hydrogen-bond donors (Lipinski definition) is 0. The Balaban J connectivity index is 1.52. The summed E-state index contributed by atoms with van der Waals surface area (Å²) in [6.45, 7) is 4.83. The minimum Gasteiger partial charge on any atom is -0.454 e. The lowest BCUT2D eigenvalue weighted by Gasteiger charge is -2.51. The van der Waals surface area contributed by atoms with Crippen LogP contribution in [0.1, 0.15) is 37.7 Å². The van der Waals surface area contributed by atoms with Gasteiger partial charge in [-0.15, -0.1) is 0 Å². The average Bonchev–Trinajstić information content (AvgIpc) is 3.32. The Bertz CT molecular complexity index is 756. The van der Waals surface area contributed by atoms with Crippen molar-refractivity contribution in [2.45, 2.75) is 44.2 Å². The van der Waals surface area contributed by atoms with E-state index >= 15 is 0 Å². The van der Waals surface area contributed by atoms with Gasteiger partial charge in [-0.2, -0.15) is 0 Å². The first kappa shape index (κ1) is 16.1. The number of rotatable bonds is 3. The number of Topliss-reactive ketones (excluding diaryl/α,β-unsaturated/α-hetero) is 1. The highest BCUT2D eigenvalue weighted by molar-refractivity contribution is 6.36. The minimum absolute atomic E-state index is 0.163. The van der Waals surface area contributed by atoms with Crippen LogP contribution in [-0.4, -0.2) is 60.0 Å². The van der Waals surface area contributed by atoms with Gasteiger partial charge in [0.2, 0.25) is 12.6 Å². The molecule has 4 fully saturated rings. The van der Waals surface area contributed by atoms with Gasteiger partial charge in [0.05, 0.1) is 6.04 Å². The van der Waals surface area contributed by atoms with Gasteiger partial charge < -0.3 is 14.4 Å². The largest absolute Gasteiger partial charge is 0.454 e. The number of ether oxygens (including phenoxy) is 2. The van der Waals surface area contributed by atoms with E-state index in [0.717, 1.165) is 37.4 Å². The molecule has 4 saturated heterocycles. The second-order valence-corrected chi connectivity index (χ2v) is 7.81. The first-order chi connectivity index (χ1) is 12.7. The van der Waals surface area contributed by atoms with Crippen LogP contribution in [0.5, 0.6) is 11.5 Å². The summed E-state index contributed by atoms with van der Waals surface area (Å²) in [5.41, 5.74) is 1.18. The lowest BCUT2D eigenvalue weighted by Crippen LogP contribution is -2.61. The fraction of sp³-hybridized carbons (Fsp3) is 0.600. The molecule has 6 nitrogen and oxygen atoms in total. The smallest absolute Gasteiger partial charge is 0.290 e. The molecule has 6 rings (SSSR count). The van der Waals surface area contributed by atoms with Crippen molar-refractivity contribution in [2.24, 2.45) is 5.92 Å². The van der Waals surface area contributed by atoms with E-state index in [1.54, 1.807) is 6.92 Å². The molecule has 0 unspecified atom stereocenters. The third kappa shape index (κ3) is 2.28. The zero-order valence-electron chi connectivity index (χ0n) is 15.0. The van der Waals surface area contributed by atoms with Gasteiger partial charge in [0, 0.05) is 24.9 Å². The third-order valence-corrected chi connectivity index (χ3v) is 6.64. The average molecular weight is 356 g/mol. The van der Waals surface area contributed by atoms with Crippen LogP contribution in [0.4, 0.5) is 0 Å². The van der Waals surface area contributed by atoms with Crippen molar-refractivity contribution < 1.29 is 19.1 Å². The number of carbonyl (C=O) groups is 2. The Morgan fingerprint density at radius 1 is 1.12 bits per heavy atom. The summed E-state index contributed by atoms with van der Waals surface area (Å²) in [6.07, 6.45) is 2.52. The van der Waals surface area contributed by atoms with Crippen molar-refractivity contribution in [2.75, 3.05) is 26.4 Å². The molecule has 0 aromatic heterocycles. The molecule has 1 aromatic rings. The van der Waals surface area contributed by atoms with Crippen LogP contribution in [0.15, 0.2) is 18.2 Å². The van der Waals surface area contributed by atoms with Crippen molar-refractivity contribution in [3.05, 3.63) is 23.8 Å². The van der Waals surface area contributed by atoms with Crippen LogP contribution in [-0.2, 0) is 9.59 Å². The van der Waals surface area contributed by atoms with E-state index in [1.807, 2.05) is 11.0 Å². The first-order valence-electron chi connectivity index (χ1n) is 9.64. The molecule has 5 aliphatic rings. The van der Waals surface area contributed by atoms with Crippen LogP contribution in [0.25, 0.3) is 0 Å². The Morgan fingerprint density at radius 2 is 1.88 bits per heavy atom. The predicted molar refractivity (Wildman–Crippen MR) is 94.2 cm³/mol. The number of nitrogens with zero attached hydrogens (tertiary/aromatic N) is 2. The van der Waals surface area contributed by atoms with Crippen LogP contribution in [0, 0.1) is 5.92 Å². The molecule has 5 heterocycles. The molecule has 0 saturated carbocycles. The Kier molecular flexibility index (Phi) is 3.71. The van der Waals surface area contributed by atoms with Crippen molar-refractivity contribution >= 4 is 11.7 Å². The molecule has 0 N–H and O–H groups in total. The Hall–Kier alpha value is -2.08. The van der Waals surface area contributed by atoms with E-state index in [0.29, 0.717) is 18.5 Å². The molecule has 0 radical (unpaired) electrons. The summed E-state index contributed by atoms with van der Waals surface area (Å²) in [7, 11) is 0. The number of fused-ring (bicyclic) bond motifs is 3. The summed E-state index contributed by atoms with van der Waals surface area (Å²) in [4.78, 5) is 29.3. The fourth-order valence-corrected chi connectivity index (χ4v) is 5.40. The van der Waals surface area contributed by atoms with Gasteiger partial charge in [-0.25, -0.2) is 0 Å². The highest BCUT2D eigenvalue weighted by atomic mass is 16.7. The maximum atomic E-state index is 12.8. The molecule has 1 amide bonds. The molecule has 138 valence electrons. The van der Waals surface area contributed by atoms with Gasteiger partial charge in [0.1, 0.15) is 0 Å². The Labute approximate surface area is 153 Å². The molecule has 1 aromatic carbocycles. The standard InChI is InChI=1S/C20H24N2O4/c1-2-15(23)20(24)22-10-14(13-3-4-16-17(9-13)26-11-25-16)19-18(22)12-5-7-21(19)8-6-12/h3-4,9,12,14,18-19H,2,5-8,10-11H2,1H3/t14-,18+,19+/m1/s1. The maximum absolute atomic E-state index is 12.8. The van der Waals surface area contributed by atoms with Crippen LogP contribution >= 0.6 is 0 Å². The summed E-state index contributed by atoms with van der Waals surface area (Å²) < 4.78 is 11.0. The zero-order valence-corrected chi connectivity index (χ0v) is 15.0. The highest BCUT2D eigenvalue weighted by Gasteiger charge is 2.55. The van der Waals surface area contributed by atoms with E-state index in [-0.39, 0.29) is 36.9 Å². The first-order valence-corrected chi connectivity index (χ1v) is 9.64.